The molecule has 112 valence electrons. The highest BCUT2D eigenvalue weighted by molar-refractivity contribution is 6.39. The number of hydrazone groups is 1. The van der Waals surface area contributed by atoms with E-state index in [4.69, 9.17) is 4.74 Å². The highest BCUT2D eigenvalue weighted by Gasteiger charge is 2.17. The fourth-order valence-electron chi connectivity index (χ4n) is 1.85. The molecule has 6 nitrogen and oxygen atoms in total. The highest BCUT2D eigenvalue weighted by atomic mass is 19.1. The van der Waals surface area contributed by atoms with Crippen LogP contribution >= 0.6 is 0 Å². The Bertz CT molecular complexity index is 587. The summed E-state index contributed by atoms with van der Waals surface area (Å²) in [6.45, 7) is 2.34. The lowest BCUT2D eigenvalue weighted by molar-refractivity contribution is -0.121. The van der Waals surface area contributed by atoms with Crippen molar-refractivity contribution in [3.8, 4) is 5.75 Å². The van der Waals surface area contributed by atoms with Crippen molar-refractivity contribution in [1.29, 1.82) is 0 Å². The Morgan fingerprint density at radius 2 is 2.29 bits per heavy atom. The molecule has 1 aromatic rings. The average Bonchev–Trinajstić information content (AvgIpc) is 2.48. The average molecular weight is 293 g/mol. The van der Waals surface area contributed by atoms with Gasteiger partial charge < -0.3 is 10.1 Å². The van der Waals surface area contributed by atoms with Crippen molar-refractivity contribution < 1.29 is 18.7 Å². The molecule has 0 bridgehead atoms. The number of nitrogens with zero attached hydrogens (tertiary/aromatic N) is 1. The topological polar surface area (TPSA) is 79.8 Å². The first-order valence-electron chi connectivity index (χ1n) is 6.65. The first-order chi connectivity index (χ1) is 10.1. The van der Waals surface area contributed by atoms with E-state index in [2.05, 4.69) is 15.8 Å². The van der Waals surface area contributed by atoms with Gasteiger partial charge >= 0.3 is 0 Å². The quantitative estimate of drug-likeness (QED) is 0.853. The molecule has 0 aliphatic carbocycles. The maximum atomic E-state index is 13.7. The molecule has 1 aromatic carbocycles. The summed E-state index contributed by atoms with van der Waals surface area (Å²) in [6.07, 6.45) is 0.541. The third-order valence-electron chi connectivity index (χ3n) is 2.92. The Kier molecular flexibility index (Phi) is 4.86. The van der Waals surface area contributed by atoms with E-state index < -0.39 is 5.82 Å². The molecular weight excluding hydrogens is 277 g/mol. The Hall–Kier alpha value is -2.44. The summed E-state index contributed by atoms with van der Waals surface area (Å²) in [5.74, 6) is -0.859. The van der Waals surface area contributed by atoms with Gasteiger partial charge in [-0.15, -0.1) is 0 Å². The van der Waals surface area contributed by atoms with E-state index >= 15 is 0 Å². The number of carbonyl (C=O) groups is 2. The summed E-state index contributed by atoms with van der Waals surface area (Å²) < 4.78 is 18.8. The largest absolute Gasteiger partial charge is 0.491 e. The molecular formula is C14H16FN3O3. The molecule has 1 heterocycles. The molecule has 1 aliphatic rings. The number of carbonyl (C=O) groups excluding carboxylic acids is 2. The van der Waals surface area contributed by atoms with Crippen molar-refractivity contribution in [3.05, 3.63) is 29.6 Å². The summed E-state index contributed by atoms with van der Waals surface area (Å²) in [5, 5.41) is 6.32. The Morgan fingerprint density at radius 3 is 2.90 bits per heavy atom. The van der Waals surface area contributed by atoms with Crippen molar-refractivity contribution in [2.45, 2.75) is 26.3 Å². The Labute approximate surface area is 121 Å². The smallest absolute Gasteiger partial charge is 0.267 e. The first-order valence-corrected chi connectivity index (χ1v) is 6.65. The van der Waals surface area contributed by atoms with Crippen LogP contribution in [0.3, 0.4) is 0 Å². The van der Waals surface area contributed by atoms with Crippen molar-refractivity contribution in [2.75, 3.05) is 6.61 Å². The molecule has 0 radical (unpaired) electrons. The molecule has 2 rings (SSSR count). The predicted octanol–water partition coefficient (Wildman–Crippen LogP) is 1.11. The maximum Gasteiger partial charge on any atom is 0.267 e. The summed E-state index contributed by atoms with van der Waals surface area (Å²) in [6, 6.07) is 4.52. The van der Waals surface area contributed by atoms with Crippen LogP contribution < -0.4 is 15.5 Å². The van der Waals surface area contributed by atoms with Gasteiger partial charge in [0.15, 0.2) is 11.6 Å². The van der Waals surface area contributed by atoms with Crippen LogP contribution in [0.15, 0.2) is 23.3 Å². The molecule has 0 spiro atoms. The van der Waals surface area contributed by atoms with Crippen molar-refractivity contribution in [2.24, 2.45) is 5.10 Å². The number of amides is 2. The van der Waals surface area contributed by atoms with Gasteiger partial charge in [-0.3, -0.25) is 9.59 Å². The van der Waals surface area contributed by atoms with E-state index in [0.29, 0.717) is 18.6 Å². The van der Waals surface area contributed by atoms with Crippen LogP contribution in [0.5, 0.6) is 5.75 Å². The van der Waals surface area contributed by atoms with Crippen LogP contribution in [-0.2, 0) is 16.1 Å². The van der Waals surface area contributed by atoms with Crippen molar-refractivity contribution in [3.63, 3.8) is 0 Å². The molecule has 7 heteroatoms. The molecule has 2 N–H and O–H groups in total. The summed E-state index contributed by atoms with van der Waals surface area (Å²) >= 11 is 0. The molecule has 0 unspecified atom stereocenters. The third-order valence-corrected chi connectivity index (χ3v) is 2.92. The SMILES string of the molecule is CCOc1ccc(CNC(=O)C2=NNC(=O)CC2)cc1F. The van der Waals surface area contributed by atoms with Crippen LogP contribution in [0.25, 0.3) is 0 Å². The number of hydrogen-bond acceptors (Lipinski definition) is 4. The Morgan fingerprint density at radius 1 is 1.48 bits per heavy atom. The highest BCUT2D eigenvalue weighted by Crippen LogP contribution is 2.18. The third kappa shape index (κ3) is 4.01. The molecule has 0 saturated carbocycles. The second-order valence-corrected chi connectivity index (χ2v) is 4.47. The predicted molar refractivity (Wildman–Crippen MR) is 74.2 cm³/mol. The summed E-state index contributed by atoms with van der Waals surface area (Å²) in [4.78, 5) is 22.8. The zero-order valence-corrected chi connectivity index (χ0v) is 11.6. The van der Waals surface area contributed by atoms with E-state index in [1.807, 2.05) is 0 Å². The van der Waals surface area contributed by atoms with Gasteiger partial charge in [0.25, 0.3) is 5.91 Å². The fraction of sp³-hybridized carbons (Fsp3) is 0.357. The van der Waals surface area contributed by atoms with Crippen LogP contribution in [0.2, 0.25) is 0 Å². The number of halogens is 1. The maximum absolute atomic E-state index is 13.7. The fourth-order valence-corrected chi connectivity index (χ4v) is 1.85. The first kappa shape index (κ1) is 15.0. The van der Waals surface area contributed by atoms with E-state index in [-0.39, 0.29) is 36.2 Å². The van der Waals surface area contributed by atoms with Crippen molar-refractivity contribution >= 4 is 17.5 Å². The molecule has 0 aromatic heterocycles. The lowest BCUT2D eigenvalue weighted by Crippen LogP contribution is -2.36. The normalized spacial score (nSPS) is 14.2. The molecule has 0 saturated heterocycles. The number of nitrogens with one attached hydrogen (secondary N) is 2. The van der Waals surface area contributed by atoms with Crippen LogP contribution in [0.1, 0.15) is 25.3 Å². The van der Waals surface area contributed by atoms with Gasteiger partial charge in [-0.2, -0.15) is 5.10 Å². The lowest BCUT2D eigenvalue weighted by Gasteiger charge is -2.12. The van der Waals surface area contributed by atoms with Gasteiger partial charge in [-0.25, -0.2) is 9.82 Å². The minimum Gasteiger partial charge on any atom is -0.491 e. The zero-order chi connectivity index (χ0) is 15.2. The van der Waals surface area contributed by atoms with Gasteiger partial charge in [0, 0.05) is 19.4 Å². The molecule has 1 aliphatic heterocycles. The second-order valence-electron chi connectivity index (χ2n) is 4.47. The van der Waals surface area contributed by atoms with Crippen LogP contribution in [0, 0.1) is 5.82 Å². The van der Waals surface area contributed by atoms with E-state index in [1.165, 1.54) is 12.1 Å². The number of hydrogen-bond donors (Lipinski definition) is 2. The number of rotatable bonds is 5. The number of ether oxygens (including phenoxy) is 1. The second kappa shape index (κ2) is 6.83. The summed E-state index contributed by atoms with van der Waals surface area (Å²) in [7, 11) is 0. The monoisotopic (exact) mass is 293 g/mol. The van der Waals surface area contributed by atoms with Gasteiger partial charge in [0.1, 0.15) is 5.71 Å². The van der Waals surface area contributed by atoms with Gasteiger partial charge in [0.05, 0.1) is 6.61 Å². The van der Waals surface area contributed by atoms with Crippen molar-refractivity contribution in [1.82, 2.24) is 10.7 Å². The molecule has 2 amide bonds. The van der Waals surface area contributed by atoms with Crippen LogP contribution in [-0.4, -0.2) is 24.1 Å². The Balaban J connectivity index is 1.92. The molecule has 21 heavy (non-hydrogen) atoms. The molecule has 0 fully saturated rings. The van der Waals surface area contributed by atoms with E-state index in [9.17, 15) is 14.0 Å². The molecule has 0 atom stereocenters. The van der Waals surface area contributed by atoms with Gasteiger partial charge in [0.2, 0.25) is 5.91 Å². The minimum atomic E-state index is -0.467. The van der Waals surface area contributed by atoms with Crippen LogP contribution in [0.4, 0.5) is 4.39 Å². The number of benzene rings is 1. The zero-order valence-electron chi connectivity index (χ0n) is 11.6. The van der Waals surface area contributed by atoms with E-state index in [0.717, 1.165) is 0 Å². The standard InChI is InChI=1S/C14H16FN3O3/c1-2-21-12-5-3-9(7-10(12)15)8-16-14(20)11-4-6-13(19)18-17-11/h3,5,7H,2,4,6,8H2,1H3,(H,16,20)(H,18,19). The van der Waals surface area contributed by atoms with Gasteiger partial charge in [-0.1, -0.05) is 6.07 Å². The summed E-state index contributed by atoms with van der Waals surface area (Å²) in [5.41, 5.74) is 3.13. The minimum absolute atomic E-state index is 0.176. The lowest BCUT2D eigenvalue weighted by atomic mass is 10.1. The van der Waals surface area contributed by atoms with Gasteiger partial charge in [-0.05, 0) is 24.6 Å². The van der Waals surface area contributed by atoms with E-state index in [1.54, 1.807) is 13.0 Å².